The molecule has 2 aromatic heterocycles. The minimum atomic E-state index is -0.463. The lowest BCUT2D eigenvalue weighted by atomic mass is 10.2. The van der Waals surface area contributed by atoms with E-state index in [-0.39, 0.29) is 11.6 Å². The summed E-state index contributed by atoms with van der Waals surface area (Å²) in [6.45, 7) is 6.59. The van der Waals surface area contributed by atoms with Gasteiger partial charge in [-0.15, -0.1) is 0 Å². The van der Waals surface area contributed by atoms with Gasteiger partial charge in [0.15, 0.2) is 5.65 Å². The van der Waals surface area contributed by atoms with Crippen LogP contribution in [-0.4, -0.2) is 61.7 Å². The number of non-ortho nitro benzene ring substituents is 1. The second-order valence-corrected chi connectivity index (χ2v) is 9.18. The molecule has 5 rings (SSSR count). The summed E-state index contributed by atoms with van der Waals surface area (Å²) in [5, 5.41) is 16.7. The molecule has 0 radical (unpaired) electrons. The number of fused-ring (bicyclic) bond motifs is 1. The minimum Gasteiger partial charge on any atom is -0.354 e. The lowest BCUT2D eigenvalue weighted by Crippen LogP contribution is -2.35. The zero-order valence-corrected chi connectivity index (χ0v) is 21.0. The van der Waals surface area contributed by atoms with Crippen molar-refractivity contribution >= 4 is 28.4 Å². The number of hydrogen-bond acceptors (Lipinski definition) is 7. The second kappa shape index (κ2) is 10.3. The number of benzene rings is 2. The molecule has 37 heavy (non-hydrogen) atoms. The molecule has 10 nitrogen and oxygen atoms in total. The standard InChI is InChI=1S/C27H29N7O3/c1-3-8-23-28-25(24-19(2)30-33(26(24)29-23)21-9-5-4-6-10-21)31-15-7-16-32(18-17-31)27(35)20-11-13-22(14-12-20)34(36)37/h4-6,9-14H,3,7-8,15-18H2,1-2H3. The van der Waals surface area contributed by atoms with Gasteiger partial charge in [-0.1, -0.05) is 25.1 Å². The number of para-hydroxylation sites is 1. The summed E-state index contributed by atoms with van der Waals surface area (Å²) in [6, 6.07) is 15.8. The van der Waals surface area contributed by atoms with Crippen molar-refractivity contribution in [2.24, 2.45) is 0 Å². The van der Waals surface area contributed by atoms with E-state index in [1.165, 1.54) is 24.3 Å². The van der Waals surface area contributed by atoms with Gasteiger partial charge in [0.1, 0.15) is 11.6 Å². The fourth-order valence-corrected chi connectivity index (χ4v) is 4.76. The van der Waals surface area contributed by atoms with E-state index in [9.17, 15) is 14.9 Å². The summed E-state index contributed by atoms with van der Waals surface area (Å²) in [5.41, 5.74) is 3.03. The summed E-state index contributed by atoms with van der Waals surface area (Å²) in [5.74, 6) is 1.52. The molecule has 1 aliphatic rings. The van der Waals surface area contributed by atoms with Crippen molar-refractivity contribution in [3.63, 3.8) is 0 Å². The van der Waals surface area contributed by atoms with E-state index in [2.05, 4.69) is 11.8 Å². The lowest BCUT2D eigenvalue weighted by Gasteiger charge is -2.24. The monoisotopic (exact) mass is 499 g/mol. The van der Waals surface area contributed by atoms with Crippen molar-refractivity contribution in [3.05, 3.63) is 81.8 Å². The Morgan fingerprint density at radius 3 is 2.46 bits per heavy atom. The molecule has 1 amide bonds. The van der Waals surface area contributed by atoms with Crippen molar-refractivity contribution in [1.29, 1.82) is 0 Å². The molecule has 190 valence electrons. The molecular formula is C27H29N7O3. The maximum Gasteiger partial charge on any atom is 0.269 e. The van der Waals surface area contributed by atoms with Gasteiger partial charge in [-0.05, 0) is 44.0 Å². The van der Waals surface area contributed by atoms with E-state index in [1.54, 1.807) is 0 Å². The number of nitrogens with zero attached hydrogens (tertiary/aromatic N) is 7. The SMILES string of the molecule is CCCc1nc(N2CCCN(C(=O)c3ccc([N+](=O)[O-])cc3)CC2)c2c(C)nn(-c3ccccc3)c2n1. The van der Waals surface area contributed by atoms with E-state index in [0.717, 1.165) is 59.9 Å². The summed E-state index contributed by atoms with van der Waals surface area (Å²) in [4.78, 5) is 37.5. The first kappa shape index (κ1) is 24.4. The van der Waals surface area contributed by atoms with Crippen molar-refractivity contribution in [1.82, 2.24) is 24.6 Å². The van der Waals surface area contributed by atoms with Crippen LogP contribution in [0.1, 0.15) is 41.6 Å². The van der Waals surface area contributed by atoms with Crippen LogP contribution < -0.4 is 4.90 Å². The number of hydrogen-bond donors (Lipinski definition) is 0. The van der Waals surface area contributed by atoms with Crippen LogP contribution >= 0.6 is 0 Å². The van der Waals surface area contributed by atoms with Crippen LogP contribution in [0.25, 0.3) is 16.7 Å². The highest BCUT2D eigenvalue weighted by Crippen LogP contribution is 2.30. The van der Waals surface area contributed by atoms with Crippen molar-refractivity contribution in [3.8, 4) is 5.69 Å². The van der Waals surface area contributed by atoms with Crippen molar-refractivity contribution < 1.29 is 9.72 Å². The number of nitro benzene ring substituents is 1. The highest BCUT2D eigenvalue weighted by molar-refractivity contribution is 5.94. The highest BCUT2D eigenvalue weighted by Gasteiger charge is 2.25. The van der Waals surface area contributed by atoms with E-state index in [0.29, 0.717) is 25.2 Å². The molecule has 0 bridgehead atoms. The number of aryl methyl sites for hydroxylation is 2. The van der Waals surface area contributed by atoms with Crippen LogP contribution in [0.4, 0.5) is 11.5 Å². The van der Waals surface area contributed by atoms with Gasteiger partial charge in [-0.25, -0.2) is 14.6 Å². The van der Waals surface area contributed by atoms with Crippen molar-refractivity contribution in [2.45, 2.75) is 33.1 Å². The van der Waals surface area contributed by atoms with Gasteiger partial charge in [0.25, 0.3) is 11.6 Å². The third-order valence-corrected chi connectivity index (χ3v) is 6.61. The third-order valence-electron chi connectivity index (χ3n) is 6.61. The zero-order chi connectivity index (χ0) is 25.9. The number of aromatic nitrogens is 4. The molecular weight excluding hydrogens is 470 g/mol. The molecule has 1 aliphatic heterocycles. The number of anilines is 1. The number of amides is 1. The molecule has 0 spiro atoms. The molecule has 3 heterocycles. The molecule has 0 unspecified atom stereocenters. The second-order valence-electron chi connectivity index (χ2n) is 9.18. The first-order chi connectivity index (χ1) is 18.0. The van der Waals surface area contributed by atoms with E-state index in [4.69, 9.17) is 15.1 Å². The fourth-order valence-electron chi connectivity index (χ4n) is 4.76. The van der Waals surface area contributed by atoms with Crippen molar-refractivity contribution in [2.75, 3.05) is 31.1 Å². The van der Waals surface area contributed by atoms with Crippen LogP contribution in [0, 0.1) is 17.0 Å². The van der Waals surface area contributed by atoms with Crippen LogP contribution in [0.5, 0.6) is 0 Å². The summed E-state index contributed by atoms with van der Waals surface area (Å²) in [7, 11) is 0. The average molecular weight is 500 g/mol. The smallest absolute Gasteiger partial charge is 0.269 e. The van der Waals surface area contributed by atoms with Crippen LogP contribution in [0.15, 0.2) is 54.6 Å². The Balaban J connectivity index is 1.45. The molecule has 0 saturated carbocycles. The van der Waals surface area contributed by atoms with Gasteiger partial charge in [-0.2, -0.15) is 5.10 Å². The molecule has 1 fully saturated rings. The zero-order valence-electron chi connectivity index (χ0n) is 21.0. The molecule has 4 aromatic rings. The number of nitro groups is 1. The normalized spacial score (nSPS) is 14.1. The van der Waals surface area contributed by atoms with Crippen LogP contribution in [-0.2, 0) is 6.42 Å². The van der Waals surface area contributed by atoms with E-state index in [1.807, 2.05) is 46.8 Å². The first-order valence-corrected chi connectivity index (χ1v) is 12.6. The molecule has 2 aromatic carbocycles. The molecule has 10 heteroatoms. The van der Waals surface area contributed by atoms with Gasteiger partial charge in [0.2, 0.25) is 0 Å². The Bertz CT molecular complexity index is 1430. The van der Waals surface area contributed by atoms with Crippen LogP contribution in [0.2, 0.25) is 0 Å². The van der Waals surface area contributed by atoms with Gasteiger partial charge >= 0.3 is 0 Å². The molecule has 0 atom stereocenters. The van der Waals surface area contributed by atoms with Gasteiger partial charge in [0.05, 0.1) is 21.7 Å². The summed E-state index contributed by atoms with van der Waals surface area (Å²) < 4.78 is 1.89. The van der Waals surface area contributed by atoms with Crippen LogP contribution in [0.3, 0.4) is 0 Å². The van der Waals surface area contributed by atoms with E-state index < -0.39 is 4.92 Å². The topological polar surface area (TPSA) is 110 Å². The lowest BCUT2D eigenvalue weighted by molar-refractivity contribution is -0.384. The molecule has 0 N–H and O–H groups in total. The Labute approximate surface area is 214 Å². The third kappa shape index (κ3) is 4.87. The predicted octanol–water partition coefficient (Wildman–Crippen LogP) is 4.34. The Hall–Kier alpha value is -4.34. The van der Waals surface area contributed by atoms with E-state index >= 15 is 0 Å². The summed E-state index contributed by atoms with van der Waals surface area (Å²) in [6.07, 6.45) is 2.47. The average Bonchev–Trinajstić information content (AvgIpc) is 3.08. The quantitative estimate of drug-likeness (QED) is 0.287. The minimum absolute atomic E-state index is 0.0272. The Morgan fingerprint density at radius 1 is 1.00 bits per heavy atom. The molecule has 1 saturated heterocycles. The summed E-state index contributed by atoms with van der Waals surface area (Å²) >= 11 is 0. The number of carbonyl (C=O) groups is 1. The highest BCUT2D eigenvalue weighted by atomic mass is 16.6. The maximum atomic E-state index is 13.1. The molecule has 0 aliphatic carbocycles. The van der Waals surface area contributed by atoms with Gasteiger partial charge in [-0.3, -0.25) is 14.9 Å². The number of carbonyl (C=O) groups excluding carboxylic acids is 1. The largest absolute Gasteiger partial charge is 0.354 e. The van der Waals surface area contributed by atoms with Gasteiger partial charge in [0, 0.05) is 50.3 Å². The van der Waals surface area contributed by atoms with Gasteiger partial charge < -0.3 is 9.80 Å². The number of rotatable bonds is 6. The Morgan fingerprint density at radius 2 is 1.76 bits per heavy atom. The predicted molar refractivity (Wildman–Crippen MR) is 141 cm³/mol. The fraction of sp³-hybridized carbons (Fsp3) is 0.333. The first-order valence-electron chi connectivity index (χ1n) is 12.6. The maximum absolute atomic E-state index is 13.1. The Kier molecular flexibility index (Phi) is 6.80.